The van der Waals surface area contributed by atoms with Crippen molar-refractivity contribution in [3.8, 4) is 0 Å². The van der Waals surface area contributed by atoms with Crippen LogP contribution in [-0.4, -0.2) is 28.8 Å². The van der Waals surface area contributed by atoms with E-state index in [1.165, 1.54) is 0 Å². The fourth-order valence-electron chi connectivity index (χ4n) is 1.67. The second-order valence-corrected chi connectivity index (χ2v) is 3.85. The van der Waals surface area contributed by atoms with Crippen molar-refractivity contribution in [1.29, 1.82) is 0 Å². The Hall–Kier alpha value is -1.36. The number of carbonyl (C=O) groups excluding carboxylic acids is 1. The summed E-state index contributed by atoms with van der Waals surface area (Å²) < 4.78 is 1.98. The first-order valence-corrected chi connectivity index (χ1v) is 6.24. The molecule has 1 rings (SSSR count). The van der Waals surface area contributed by atoms with Crippen LogP contribution in [0.1, 0.15) is 32.2 Å². The minimum Gasteiger partial charge on any atom is -0.355 e. The van der Waals surface area contributed by atoms with E-state index in [1.807, 2.05) is 11.6 Å². The van der Waals surface area contributed by atoms with E-state index >= 15 is 0 Å². The SMILES string of the molecule is CCNC(=O)CNCc1cc(CC)nn1CC. The van der Waals surface area contributed by atoms with Crippen LogP contribution in [0.15, 0.2) is 6.07 Å². The molecule has 96 valence electrons. The summed E-state index contributed by atoms with van der Waals surface area (Å²) in [6, 6.07) is 2.09. The van der Waals surface area contributed by atoms with Crippen LogP contribution in [0.5, 0.6) is 0 Å². The second kappa shape index (κ2) is 7.06. The highest BCUT2D eigenvalue weighted by molar-refractivity contribution is 5.77. The molecule has 0 aromatic carbocycles. The van der Waals surface area contributed by atoms with Gasteiger partial charge in [0.2, 0.25) is 5.91 Å². The summed E-state index contributed by atoms with van der Waals surface area (Å²) in [4.78, 5) is 11.3. The lowest BCUT2D eigenvalue weighted by molar-refractivity contribution is -0.120. The van der Waals surface area contributed by atoms with E-state index in [2.05, 4.69) is 35.6 Å². The predicted molar refractivity (Wildman–Crippen MR) is 67.7 cm³/mol. The summed E-state index contributed by atoms with van der Waals surface area (Å²) in [5.41, 5.74) is 2.23. The molecule has 0 unspecified atom stereocenters. The largest absolute Gasteiger partial charge is 0.355 e. The highest BCUT2D eigenvalue weighted by atomic mass is 16.1. The van der Waals surface area contributed by atoms with E-state index in [-0.39, 0.29) is 5.91 Å². The lowest BCUT2D eigenvalue weighted by atomic mass is 10.3. The first kappa shape index (κ1) is 13.7. The zero-order chi connectivity index (χ0) is 12.7. The third-order valence-corrected chi connectivity index (χ3v) is 2.54. The fourth-order valence-corrected chi connectivity index (χ4v) is 1.67. The highest BCUT2D eigenvalue weighted by Crippen LogP contribution is 2.04. The zero-order valence-electron chi connectivity index (χ0n) is 10.9. The third-order valence-electron chi connectivity index (χ3n) is 2.54. The molecule has 0 bridgehead atoms. The topological polar surface area (TPSA) is 59.0 Å². The van der Waals surface area contributed by atoms with Gasteiger partial charge in [-0.05, 0) is 26.3 Å². The number of hydrogen-bond donors (Lipinski definition) is 2. The molecule has 17 heavy (non-hydrogen) atoms. The number of nitrogens with zero attached hydrogens (tertiary/aromatic N) is 2. The summed E-state index contributed by atoms with van der Waals surface area (Å²) in [6.07, 6.45) is 0.941. The average molecular weight is 238 g/mol. The molecular weight excluding hydrogens is 216 g/mol. The lowest BCUT2D eigenvalue weighted by Gasteiger charge is -2.06. The molecular formula is C12H22N4O. The Morgan fingerprint density at radius 2 is 2.18 bits per heavy atom. The van der Waals surface area contributed by atoms with E-state index in [0.717, 1.165) is 24.4 Å². The Bertz CT molecular complexity index is 359. The summed E-state index contributed by atoms with van der Waals surface area (Å²) in [7, 11) is 0. The van der Waals surface area contributed by atoms with Crippen molar-refractivity contribution in [3.05, 3.63) is 17.5 Å². The van der Waals surface area contributed by atoms with E-state index in [4.69, 9.17) is 0 Å². The molecule has 0 saturated heterocycles. The number of likely N-dealkylation sites (N-methyl/N-ethyl adjacent to an activating group) is 1. The molecule has 1 amide bonds. The Labute approximate surface area is 103 Å². The van der Waals surface area contributed by atoms with Crippen LogP contribution >= 0.6 is 0 Å². The molecule has 0 aliphatic rings. The predicted octanol–water partition coefficient (Wildman–Crippen LogP) is 0.691. The van der Waals surface area contributed by atoms with Crippen LogP contribution in [0.25, 0.3) is 0 Å². The Morgan fingerprint density at radius 1 is 1.41 bits per heavy atom. The van der Waals surface area contributed by atoms with Gasteiger partial charge in [0.25, 0.3) is 0 Å². The van der Waals surface area contributed by atoms with Crippen LogP contribution in [0.3, 0.4) is 0 Å². The van der Waals surface area contributed by atoms with Gasteiger partial charge < -0.3 is 10.6 Å². The van der Waals surface area contributed by atoms with Crippen molar-refractivity contribution in [2.45, 2.75) is 40.3 Å². The van der Waals surface area contributed by atoms with Gasteiger partial charge in [-0.15, -0.1) is 0 Å². The average Bonchev–Trinajstić information content (AvgIpc) is 2.72. The van der Waals surface area contributed by atoms with Crippen molar-refractivity contribution >= 4 is 5.91 Å². The first-order chi connectivity index (χ1) is 8.21. The Kier molecular flexibility index (Phi) is 5.69. The lowest BCUT2D eigenvalue weighted by Crippen LogP contribution is -2.33. The maximum Gasteiger partial charge on any atom is 0.233 e. The van der Waals surface area contributed by atoms with Crippen molar-refractivity contribution in [3.63, 3.8) is 0 Å². The molecule has 5 nitrogen and oxygen atoms in total. The number of amides is 1. The number of rotatable bonds is 7. The van der Waals surface area contributed by atoms with Crippen LogP contribution < -0.4 is 10.6 Å². The minimum atomic E-state index is 0.0331. The molecule has 0 aliphatic carbocycles. The van der Waals surface area contributed by atoms with Crippen LogP contribution in [0, 0.1) is 0 Å². The number of aryl methyl sites for hydroxylation is 2. The number of nitrogens with one attached hydrogen (secondary N) is 2. The van der Waals surface area contributed by atoms with Crippen LogP contribution in [0.2, 0.25) is 0 Å². The van der Waals surface area contributed by atoms with Gasteiger partial charge in [-0.25, -0.2) is 0 Å². The van der Waals surface area contributed by atoms with Gasteiger partial charge in [0, 0.05) is 19.6 Å². The number of aromatic nitrogens is 2. The molecule has 0 radical (unpaired) electrons. The Balaban J connectivity index is 2.45. The zero-order valence-corrected chi connectivity index (χ0v) is 10.9. The van der Waals surface area contributed by atoms with Gasteiger partial charge in [0.05, 0.1) is 17.9 Å². The minimum absolute atomic E-state index is 0.0331. The Morgan fingerprint density at radius 3 is 2.76 bits per heavy atom. The normalized spacial score (nSPS) is 10.5. The summed E-state index contributed by atoms with van der Waals surface area (Å²) >= 11 is 0. The van der Waals surface area contributed by atoms with Gasteiger partial charge in [-0.2, -0.15) is 5.10 Å². The summed E-state index contributed by atoms with van der Waals surface area (Å²) in [6.45, 7) is 8.64. The van der Waals surface area contributed by atoms with E-state index in [1.54, 1.807) is 0 Å². The van der Waals surface area contributed by atoms with Gasteiger partial charge in [-0.3, -0.25) is 9.48 Å². The van der Waals surface area contributed by atoms with Gasteiger partial charge >= 0.3 is 0 Å². The van der Waals surface area contributed by atoms with Crippen LogP contribution in [0.4, 0.5) is 0 Å². The highest BCUT2D eigenvalue weighted by Gasteiger charge is 2.06. The second-order valence-electron chi connectivity index (χ2n) is 3.85. The summed E-state index contributed by atoms with van der Waals surface area (Å²) in [5, 5.41) is 10.3. The summed E-state index contributed by atoms with van der Waals surface area (Å²) in [5.74, 6) is 0.0331. The monoisotopic (exact) mass is 238 g/mol. The number of carbonyl (C=O) groups is 1. The van der Waals surface area contributed by atoms with Gasteiger partial charge in [0.15, 0.2) is 0 Å². The smallest absolute Gasteiger partial charge is 0.233 e. The molecule has 0 fully saturated rings. The quantitative estimate of drug-likeness (QED) is 0.735. The molecule has 1 aromatic heterocycles. The molecule has 2 N–H and O–H groups in total. The van der Waals surface area contributed by atoms with E-state index in [9.17, 15) is 4.79 Å². The van der Waals surface area contributed by atoms with Crippen LogP contribution in [-0.2, 0) is 24.3 Å². The van der Waals surface area contributed by atoms with Crippen molar-refractivity contribution in [2.24, 2.45) is 0 Å². The molecule has 0 spiro atoms. The maximum atomic E-state index is 11.3. The van der Waals surface area contributed by atoms with Gasteiger partial charge in [-0.1, -0.05) is 6.92 Å². The molecule has 0 aliphatic heterocycles. The molecule has 0 atom stereocenters. The maximum absolute atomic E-state index is 11.3. The molecule has 1 aromatic rings. The fraction of sp³-hybridized carbons (Fsp3) is 0.667. The molecule has 0 saturated carbocycles. The van der Waals surface area contributed by atoms with Gasteiger partial charge in [0.1, 0.15) is 0 Å². The number of hydrogen-bond acceptors (Lipinski definition) is 3. The standard InChI is InChI=1S/C12H22N4O/c1-4-10-7-11(16(6-3)15-10)8-13-9-12(17)14-5-2/h7,13H,4-6,8-9H2,1-3H3,(H,14,17). The van der Waals surface area contributed by atoms with Crippen molar-refractivity contribution < 1.29 is 4.79 Å². The molecule has 5 heteroatoms. The van der Waals surface area contributed by atoms with E-state index < -0.39 is 0 Å². The first-order valence-electron chi connectivity index (χ1n) is 6.24. The van der Waals surface area contributed by atoms with Crippen molar-refractivity contribution in [1.82, 2.24) is 20.4 Å². The molecule has 1 heterocycles. The van der Waals surface area contributed by atoms with E-state index in [0.29, 0.717) is 19.6 Å². The van der Waals surface area contributed by atoms with Crippen molar-refractivity contribution in [2.75, 3.05) is 13.1 Å². The third kappa shape index (κ3) is 4.19.